The fraction of sp³-hybridized carbons (Fsp3) is 0.150. The van der Waals surface area contributed by atoms with Gasteiger partial charge in [0.15, 0.2) is 5.82 Å². The van der Waals surface area contributed by atoms with Crippen molar-refractivity contribution in [3.05, 3.63) is 66.0 Å². The summed E-state index contributed by atoms with van der Waals surface area (Å²) < 4.78 is 53.7. The molecule has 0 radical (unpaired) electrons. The lowest BCUT2D eigenvalue weighted by molar-refractivity contribution is -0.117. The van der Waals surface area contributed by atoms with Crippen molar-refractivity contribution in [1.29, 1.82) is 0 Å². The van der Waals surface area contributed by atoms with E-state index in [1.54, 1.807) is 12.1 Å². The van der Waals surface area contributed by atoms with Crippen LogP contribution in [0.2, 0.25) is 0 Å². The van der Waals surface area contributed by atoms with Gasteiger partial charge in [-0.15, -0.1) is 0 Å². The second-order valence-electron chi connectivity index (χ2n) is 6.44. The first-order valence-electron chi connectivity index (χ1n) is 8.69. The van der Waals surface area contributed by atoms with E-state index in [1.807, 2.05) is 35.1 Å². The van der Waals surface area contributed by atoms with Crippen LogP contribution in [0.1, 0.15) is 5.56 Å². The van der Waals surface area contributed by atoms with E-state index in [-0.39, 0.29) is 23.4 Å². The van der Waals surface area contributed by atoms with E-state index in [0.717, 1.165) is 5.56 Å². The Labute approximate surface area is 166 Å². The second kappa shape index (κ2) is 7.25. The number of hydrogen-bond acceptors (Lipinski definition) is 5. The summed E-state index contributed by atoms with van der Waals surface area (Å²) in [5.74, 6) is -1.02. The summed E-state index contributed by atoms with van der Waals surface area (Å²) in [6.45, 7) is -0.430. The van der Waals surface area contributed by atoms with Gasteiger partial charge in [-0.2, -0.15) is 8.42 Å². The summed E-state index contributed by atoms with van der Waals surface area (Å²) in [6.07, 6.45) is 0. The van der Waals surface area contributed by atoms with Crippen molar-refractivity contribution in [1.82, 2.24) is 4.72 Å². The van der Waals surface area contributed by atoms with Crippen LogP contribution in [-0.2, 0) is 21.6 Å². The standard InChI is InChI=1S/C20H17FN2O5S/c1-27-15-7-8-16-14(9-15)10-17(28-12-13-5-3-2-4-6-13)20(19(16)21)23-11-18(24)22-29(23,25)26/h2-10H,11-12H2,1H3,(H,22,24). The summed E-state index contributed by atoms with van der Waals surface area (Å²) in [4.78, 5) is 11.7. The minimum atomic E-state index is -4.21. The number of halogens is 1. The van der Waals surface area contributed by atoms with E-state index in [0.29, 0.717) is 15.4 Å². The summed E-state index contributed by atoms with van der Waals surface area (Å²) in [5, 5.41) is 0.659. The fourth-order valence-corrected chi connectivity index (χ4v) is 4.32. The highest BCUT2D eigenvalue weighted by Crippen LogP contribution is 2.40. The van der Waals surface area contributed by atoms with Crippen LogP contribution in [-0.4, -0.2) is 28.0 Å². The van der Waals surface area contributed by atoms with Crippen molar-refractivity contribution < 1.29 is 27.1 Å². The Bertz CT molecular complexity index is 1200. The molecule has 0 spiro atoms. The van der Waals surface area contributed by atoms with Crippen LogP contribution in [0.15, 0.2) is 54.6 Å². The maximum atomic E-state index is 15.4. The number of carbonyl (C=O) groups excluding carboxylic acids is 1. The van der Waals surface area contributed by atoms with Crippen LogP contribution in [0, 0.1) is 5.82 Å². The van der Waals surface area contributed by atoms with E-state index in [4.69, 9.17) is 9.47 Å². The lowest BCUT2D eigenvalue weighted by Crippen LogP contribution is -2.30. The Hall–Kier alpha value is -3.33. The lowest BCUT2D eigenvalue weighted by atomic mass is 10.1. The third kappa shape index (κ3) is 3.56. The average molecular weight is 416 g/mol. The molecule has 3 aromatic carbocycles. The van der Waals surface area contributed by atoms with Crippen molar-refractivity contribution in [2.45, 2.75) is 6.61 Å². The van der Waals surface area contributed by atoms with Crippen molar-refractivity contribution >= 4 is 32.6 Å². The fourth-order valence-electron chi connectivity index (χ4n) is 3.16. The Morgan fingerprint density at radius 2 is 1.90 bits per heavy atom. The molecule has 150 valence electrons. The summed E-state index contributed by atoms with van der Waals surface area (Å²) >= 11 is 0. The largest absolute Gasteiger partial charge is 0.497 e. The predicted molar refractivity (Wildman–Crippen MR) is 106 cm³/mol. The van der Waals surface area contributed by atoms with Crippen LogP contribution in [0.25, 0.3) is 10.8 Å². The summed E-state index contributed by atoms with van der Waals surface area (Å²) in [6, 6.07) is 15.4. The molecule has 0 unspecified atom stereocenters. The van der Waals surface area contributed by atoms with E-state index in [9.17, 15) is 13.2 Å². The number of nitrogens with one attached hydrogen (secondary N) is 1. The third-order valence-electron chi connectivity index (χ3n) is 4.53. The van der Waals surface area contributed by atoms with Gasteiger partial charge in [0.05, 0.1) is 7.11 Å². The van der Waals surface area contributed by atoms with E-state index in [1.165, 1.54) is 19.2 Å². The molecule has 1 fully saturated rings. The molecule has 0 aromatic heterocycles. The normalized spacial score (nSPS) is 15.4. The number of anilines is 1. The first kappa shape index (κ1) is 19.0. The number of rotatable bonds is 5. The number of nitrogens with zero attached hydrogens (tertiary/aromatic N) is 1. The Morgan fingerprint density at radius 3 is 2.55 bits per heavy atom. The SMILES string of the molecule is COc1ccc2c(F)c(N3CC(=O)NS3(=O)=O)c(OCc3ccccc3)cc2c1. The summed E-state index contributed by atoms with van der Waals surface area (Å²) in [7, 11) is -2.72. The zero-order chi connectivity index (χ0) is 20.6. The number of benzene rings is 3. The molecule has 3 aromatic rings. The van der Waals surface area contributed by atoms with Gasteiger partial charge in [-0.05, 0) is 35.2 Å². The van der Waals surface area contributed by atoms with E-state index >= 15 is 4.39 Å². The molecule has 0 saturated carbocycles. The van der Waals surface area contributed by atoms with Crippen LogP contribution < -0.4 is 18.5 Å². The van der Waals surface area contributed by atoms with Crippen LogP contribution >= 0.6 is 0 Å². The number of carbonyl (C=O) groups is 1. The highest BCUT2D eigenvalue weighted by molar-refractivity contribution is 7.92. The van der Waals surface area contributed by atoms with Gasteiger partial charge >= 0.3 is 10.2 Å². The van der Waals surface area contributed by atoms with E-state index < -0.39 is 28.5 Å². The quantitative estimate of drug-likeness (QED) is 0.691. The Balaban J connectivity index is 1.86. The van der Waals surface area contributed by atoms with Crippen LogP contribution in [0.3, 0.4) is 0 Å². The van der Waals surface area contributed by atoms with Crippen LogP contribution in [0.4, 0.5) is 10.1 Å². The molecular formula is C20H17FN2O5S. The molecular weight excluding hydrogens is 399 g/mol. The molecule has 1 N–H and O–H groups in total. The van der Waals surface area contributed by atoms with Gasteiger partial charge in [-0.25, -0.2) is 13.4 Å². The van der Waals surface area contributed by atoms with Gasteiger partial charge in [0.25, 0.3) is 5.91 Å². The maximum Gasteiger partial charge on any atom is 0.326 e. The molecule has 1 saturated heterocycles. The van der Waals surface area contributed by atoms with Crippen molar-refractivity contribution in [3.8, 4) is 11.5 Å². The monoisotopic (exact) mass is 416 g/mol. The zero-order valence-corrected chi connectivity index (χ0v) is 16.2. The first-order chi connectivity index (χ1) is 13.9. The minimum Gasteiger partial charge on any atom is -0.497 e. The molecule has 0 atom stereocenters. The number of hydrogen-bond donors (Lipinski definition) is 1. The van der Waals surface area contributed by atoms with Gasteiger partial charge in [0.2, 0.25) is 0 Å². The Morgan fingerprint density at radius 1 is 1.14 bits per heavy atom. The van der Waals surface area contributed by atoms with Crippen molar-refractivity contribution in [3.63, 3.8) is 0 Å². The average Bonchev–Trinajstić information content (AvgIpc) is 2.98. The smallest absolute Gasteiger partial charge is 0.326 e. The predicted octanol–water partition coefficient (Wildman–Crippen LogP) is 2.75. The molecule has 29 heavy (non-hydrogen) atoms. The van der Waals surface area contributed by atoms with E-state index in [2.05, 4.69) is 0 Å². The first-order valence-corrected chi connectivity index (χ1v) is 10.1. The molecule has 9 heteroatoms. The van der Waals surface area contributed by atoms with Gasteiger partial charge in [0, 0.05) is 5.39 Å². The molecule has 0 aliphatic carbocycles. The zero-order valence-electron chi connectivity index (χ0n) is 15.4. The van der Waals surface area contributed by atoms with Gasteiger partial charge in [-0.1, -0.05) is 30.3 Å². The van der Waals surface area contributed by atoms with Gasteiger partial charge < -0.3 is 9.47 Å². The molecule has 7 nitrogen and oxygen atoms in total. The topological polar surface area (TPSA) is 84.9 Å². The molecule has 1 aliphatic heterocycles. The van der Waals surface area contributed by atoms with Gasteiger partial charge in [0.1, 0.15) is 30.3 Å². The molecule has 1 heterocycles. The highest BCUT2D eigenvalue weighted by Gasteiger charge is 2.38. The van der Waals surface area contributed by atoms with Crippen molar-refractivity contribution in [2.75, 3.05) is 18.0 Å². The highest BCUT2D eigenvalue weighted by atomic mass is 32.2. The number of fused-ring (bicyclic) bond motifs is 1. The Kier molecular flexibility index (Phi) is 4.75. The molecule has 0 bridgehead atoms. The van der Waals surface area contributed by atoms with Crippen molar-refractivity contribution in [2.24, 2.45) is 0 Å². The lowest BCUT2D eigenvalue weighted by Gasteiger charge is -2.21. The van der Waals surface area contributed by atoms with Crippen LogP contribution in [0.5, 0.6) is 11.5 Å². The third-order valence-corrected chi connectivity index (χ3v) is 5.91. The number of amides is 1. The number of methoxy groups -OCH3 is 1. The number of ether oxygens (including phenoxy) is 2. The molecule has 4 rings (SSSR count). The maximum absolute atomic E-state index is 15.4. The summed E-state index contributed by atoms with van der Waals surface area (Å²) in [5.41, 5.74) is 0.514. The molecule has 1 aliphatic rings. The second-order valence-corrected chi connectivity index (χ2v) is 8.03. The van der Waals surface area contributed by atoms with Gasteiger partial charge in [-0.3, -0.25) is 4.79 Å². The molecule has 1 amide bonds. The minimum absolute atomic E-state index is 0.00665.